The average Bonchev–Trinajstić information content (AvgIpc) is 2.90. The molecule has 2 bridgehead atoms. The first-order chi connectivity index (χ1) is 9.34. The summed E-state index contributed by atoms with van der Waals surface area (Å²) in [7, 11) is -1.76. The summed E-state index contributed by atoms with van der Waals surface area (Å²) >= 11 is 0. The molecule has 2 fully saturated rings. The summed E-state index contributed by atoms with van der Waals surface area (Å²) in [5.74, 6) is 1.87. The van der Waals surface area contributed by atoms with Crippen LogP contribution < -0.4 is 0 Å². The second kappa shape index (κ2) is 6.10. The summed E-state index contributed by atoms with van der Waals surface area (Å²) in [5.41, 5.74) is 1.99. The van der Waals surface area contributed by atoms with Gasteiger partial charge in [-0.15, -0.1) is 0 Å². The summed E-state index contributed by atoms with van der Waals surface area (Å²) in [6.07, 6.45) is 4.25. The van der Waals surface area contributed by atoms with E-state index in [1.807, 2.05) is 0 Å². The summed E-state index contributed by atoms with van der Waals surface area (Å²) in [6, 6.07) is 0. The molecule has 2 aliphatic rings. The Labute approximate surface area is 126 Å². The van der Waals surface area contributed by atoms with Crippen LogP contribution >= 0.6 is 0 Å². The van der Waals surface area contributed by atoms with E-state index in [9.17, 15) is 5.11 Å². The van der Waals surface area contributed by atoms with E-state index in [2.05, 4.69) is 41.5 Å². The smallest absolute Gasteiger partial charge is 0.200 e. The zero-order chi connectivity index (χ0) is 15.1. The first kappa shape index (κ1) is 16.5. The number of fused-ring (bicyclic) bond motifs is 2. The van der Waals surface area contributed by atoms with Gasteiger partial charge in [0.25, 0.3) is 0 Å². The SMILES string of the molecule is CC(C)[Si](O[C@H]1[C@@H]2CC[C@H]1[C@@H](CO)C2)(C(C)C)C(C)C. The summed E-state index contributed by atoms with van der Waals surface area (Å²) in [4.78, 5) is 0. The molecule has 0 aromatic carbocycles. The third-order valence-corrected chi connectivity index (χ3v) is 12.3. The monoisotopic (exact) mass is 298 g/mol. The molecule has 0 aromatic heterocycles. The second-order valence-electron chi connectivity index (χ2n) is 8.08. The van der Waals surface area contributed by atoms with Crippen molar-refractivity contribution >= 4 is 8.32 Å². The number of hydrogen-bond donors (Lipinski definition) is 1. The van der Waals surface area contributed by atoms with Gasteiger partial charge in [-0.1, -0.05) is 41.5 Å². The maximum atomic E-state index is 9.59. The van der Waals surface area contributed by atoms with Crippen LogP contribution in [0.15, 0.2) is 0 Å². The minimum Gasteiger partial charge on any atom is -0.413 e. The summed E-state index contributed by atoms with van der Waals surface area (Å²) in [5, 5.41) is 9.59. The van der Waals surface area contributed by atoms with E-state index in [4.69, 9.17) is 4.43 Å². The Balaban J connectivity index is 2.21. The number of aliphatic hydroxyl groups is 1. The van der Waals surface area contributed by atoms with E-state index >= 15 is 0 Å². The van der Waals surface area contributed by atoms with Crippen molar-refractivity contribution in [3.63, 3.8) is 0 Å². The van der Waals surface area contributed by atoms with Crippen molar-refractivity contribution < 1.29 is 9.53 Å². The van der Waals surface area contributed by atoms with Crippen LogP contribution in [0.25, 0.3) is 0 Å². The molecule has 0 aromatic rings. The molecule has 0 aliphatic heterocycles. The predicted molar refractivity (Wildman–Crippen MR) is 87.3 cm³/mol. The molecule has 2 saturated carbocycles. The van der Waals surface area contributed by atoms with Crippen molar-refractivity contribution in [2.24, 2.45) is 17.8 Å². The Morgan fingerprint density at radius 2 is 1.55 bits per heavy atom. The molecule has 4 atom stereocenters. The summed E-state index contributed by atoms with van der Waals surface area (Å²) < 4.78 is 7.03. The Morgan fingerprint density at radius 1 is 1.00 bits per heavy atom. The normalized spacial score (nSPS) is 33.9. The Hall–Kier alpha value is 0.137. The van der Waals surface area contributed by atoms with Crippen LogP contribution in [0.1, 0.15) is 60.8 Å². The van der Waals surface area contributed by atoms with Crippen molar-refractivity contribution in [1.29, 1.82) is 0 Å². The predicted octanol–water partition coefficient (Wildman–Crippen LogP) is 4.59. The van der Waals surface area contributed by atoms with Gasteiger partial charge in [-0.05, 0) is 53.6 Å². The van der Waals surface area contributed by atoms with Gasteiger partial charge in [0.05, 0.1) is 6.10 Å². The van der Waals surface area contributed by atoms with Gasteiger partial charge < -0.3 is 9.53 Å². The van der Waals surface area contributed by atoms with Gasteiger partial charge in [-0.3, -0.25) is 0 Å². The van der Waals surface area contributed by atoms with E-state index in [1.165, 1.54) is 19.3 Å². The molecule has 0 heterocycles. The summed E-state index contributed by atoms with van der Waals surface area (Å²) in [6.45, 7) is 14.6. The standard InChI is InChI=1S/C17H34O2Si/c1-11(2)20(12(3)4,13(5)6)19-17-14-7-8-16(17)15(9-14)10-18/h11-18H,7-10H2,1-6H3/t14-,15-,16+,17+/m1/s1. The highest BCUT2D eigenvalue weighted by Crippen LogP contribution is 2.54. The largest absolute Gasteiger partial charge is 0.413 e. The highest BCUT2D eigenvalue weighted by molar-refractivity contribution is 6.77. The van der Waals surface area contributed by atoms with Crippen LogP contribution in [0, 0.1) is 17.8 Å². The fourth-order valence-electron chi connectivity index (χ4n) is 5.44. The molecule has 0 spiro atoms. The molecule has 3 heteroatoms. The maximum absolute atomic E-state index is 9.59. The van der Waals surface area contributed by atoms with E-state index < -0.39 is 8.32 Å². The van der Waals surface area contributed by atoms with Crippen LogP contribution in [0.2, 0.25) is 16.6 Å². The molecular weight excluding hydrogens is 264 g/mol. The van der Waals surface area contributed by atoms with Gasteiger partial charge in [0, 0.05) is 6.61 Å². The molecule has 20 heavy (non-hydrogen) atoms. The van der Waals surface area contributed by atoms with Crippen molar-refractivity contribution in [2.45, 2.75) is 83.5 Å². The van der Waals surface area contributed by atoms with Gasteiger partial charge in [0.2, 0.25) is 8.32 Å². The Morgan fingerprint density at radius 3 is 1.95 bits per heavy atom. The highest BCUT2D eigenvalue weighted by Gasteiger charge is 2.54. The zero-order valence-electron chi connectivity index (χ0n) is 14.2. The lowest BCUT2D eigenvalue weighted by Crippen LogP contribution is -2.51. The van der Waals surface area contributed by atoms with E-state index in [0.29, 0.717) is 41.2 Å². The van der Waals surface area contributed by atoms with Crippen LogP contribution in [-0.4, -0.2) is 26.1 Å². The molecule has 1 N–H and O–H groups in total. The fourth-order valence-corrected chi connectivity index (χ4v) is 11.1. The minimum absolute atomic E-state index is 0.362. The van der Waals surface area contributed by atoms with Crippen LogP contribution in [0.4, 0.5) is 0 Å². The number of hydrogen-bond acceptors (Lipinski definition) is 2. The molecule has 0 radical (unpaired) electrons. The first-order valence-electron chi connectivity index (χ1n) is 8.63. The quantitative estimate of drug-likeness (QED) is 0.727. The Bertz CT molecular complexity index is 305. The lowest BCUT2D eigenvalue weighted by molar-refractivity contribution is 0.109. The third-order valence-electron chi connectivity index (χ3n) is 6.25. The minimum atomic E-state index is -1.76. The van der Waals surface area contributed by atoms with Gasteiger partial charge in [0.1, 0.15) is 0 Å². The molecule has 2 nitrogen and oxygen atoms in total. The highest BCUT2D eigenvalue weighted by atomic mass is 28.4. The van der Waals surface area contributed by atoms with Crippen LogP contribution in [0.3, 0.4) is 0 Å². The lowest BCUT2D eigenvalue weighted by atomic mass is 9.90. The van der Waals surface area contributed by atoms with Crippen molar-refractivity contribution in [3.8, 4) is 0 Å². The van der Waals surface area contributed by atoms with Crippen molar-refractivity contribution in [3.05, 3.63) is 0 Å². The average molecular weight is 299 g/mol. The Kier molecular flexibility index (Phi) is 5.03. The number of aliphatic hydroxyl groups excluding tert-OH is 1. The lowest BCUT2D eigenvalue weighted by Gasteiger charge is -2.45. The molecular formula is C17H34O2Si. The van der Waals surface area contributed by atoms with Gasteiger partial charge in [-0.25, -0.2) is 0 Å². The second-order valence-corrected chi connectivity index (χ2v) is 13.5. The molecule has 2 aliphatic carbocycles. The van der Waals surface area contributed by atoms with E-state index in [1.54, 1.807) is 0 Å². The van der Waals surface area contributed by atoms with E-state index in [-0.39, 0.29) is 0 Å². The third kappa shape index (κ3) is 2.50. The first-order valence-corrected chi connectivity index (χ1v) is 10.8. The van der Waals surface area contributed by atoms with Crippen molar-refractivity contribution in [1.82, 2.24) is 0 Å². The van der Waals surface area contributed by atoms with Gasteiger partial charge >= 0.3 is 0 Å². The zero-order valence-corrected chi connectivity index (χ0v) is 15.2. The molecule has 0 saturated heterocycles. The molecule has 118 valence electrons. The topological polar surface area (TPSA) is 29.5 Å². The fraction of sp³-hybridized carbons (Fsp3) is 1.00. The molecule has 0 amide bonds. The van der Waals surface area contributed by atoms with Crippen molar-refractivity contribution in [2.75, 3.05) is 6.61 Å². The molecule has 2 rings (SSSR count). The maximum Gasteiger partial charge on any atom is 0.200 e. The van der Waals surface area contributed by atoms with Gasteiger partial charge in [0.15, 0.2) is 0 Å². The molecule has 0 unspecified atom stereocenters. The van der Waals surface area contributed by atoms with E-state index in [0.717, 1.165) is 5.92 Å². The van der Waals surface area contributed by atoms with Gasteiger partial charge in [-0.2, -0.15) is 0 Å². The number of rotatable bonds is 6. The van der Waals surface area contributed by atoms with Crippen LogP contribution in [-0.2, 0) is 4.43 Å². The van der Waals surface area contributed by atoms with Crippen LogP contribution in [0.5, 0.6) is 0 Å².